The van der Waals surface area contributed by atoms with Gasteiger partial charge >= 0.3 is 0 Å². The number of carbonyl (C=O) groups is 1. The van der Waals surface area contributed by atoms with Crippen LogP contribution in [0.25, 0.3) is 0 Å². The minimum atomic E-state index is -0.0704. The number of rotatable bonds is 8. The lowest BCUT2D eigenvalue weighted by Gasteiger charge is -2.28. The Kier molecular flexibility index (Phi) is 6.57. The Hall–Kier alpha value is -2.54. The minimum Gasteiger partial charge on any atom is -0.497 e. The fourth-order valence-electron chi connectivity index (χ4n) is 3.58. The monoisotopic (exact) mass is 386 g/mol. The first-order valence-corrected chi connectivity index (χ1v) is 9.74. The fourth-order valence-corrected chi connectivity index (χ4v) is 3.58. The van der Waals surface area contributed by atoms with Crippen LogP contribution in [0, 0.1) is 5.92 Å². The molecule has 28 heavy (non-hydrogen) atoms. The van der Waals surface area contributed by atoms with Gasteiger partial charge in [-0.05, 0) is 30.2 Å². The fraction of sp³-hybridized carbons (Fsp3) is 0.524. The van der Waals surface area contributed by atoms with Crippen molar-refractivity contribution in [3.63, 3.8) is 0 Å². The molecule has 3 rings (SSSR count). The van der Waals surface area contributed by atoms with Gasteiger partial charge in [0.2, 0.25) is 5.91 Å². The Morgan fingerprint density at radius 2 is 2.04 bits per heavy atom. The van der Waals surface area contributed by atoms with E-state index in [4.69, 9.17) is 9.47 Å². The average Bonchev–Trinajstić information content (AvgIpc) is 3.08. The van der Waals surface area contributed by atoms with E-state index in [1.807, 2.05) is 18.2 Å². The lowest BCUT2D eigenvalue weighted by molar-refractivity contribution is -0.120. The second-order valence-electron chi connectivity index (χ2n) is 7.61. The summed E-state index contributed by atoms with van der Waals surface area (Å²) in [6, 6.07) is 7.56. The summed E-state index contributed by atoms with van der Waals surface area (Å²) in [6.45, 7) is 8.84. The number of amides is 1. The van der Waals surface area contributed by atoms with Crippen LogP contribution < -0.4 is 14.8 Å². The third-order valence-electron chi connectivity index (χ3n) is 4.86. The van der Waals surface area contributed by atoms with E-state index in [9.17, 15) is 4.79 Å². The minimum absolute atomic E-state index is 0.0704. The van der Waals surface area contributed by atoms with Gasteiger partial charge in [0.1, 0.15) is 11.5 Å². The van der Waals surface area contributed by atoms with Crippen molar-refractivity contribution in [1.82, 2.24) is 20.0 Å². The molecule has 0 spiro atoms. The molecule has 0 fully saturated rings. The van der Waals surface area contributed by atoms with E-state index in [2.05, 4.69) is 39.9 Å². The summed E-state index contributed by atoms with van der Waals surface area (Å²) < 4.78 is 12.6. The standard InChI is InChI=1S/C21H30N4O3/c1-15(2)13-24-7-8-25-18(14-24)11-17(23-25)12-22-21(26)10-16-9-19(27-3)5-6-20(16)28-4/h5-6,9,11,15H,7-8,10,12-14H2,1-4H3,(H,22,26). The molecule has 1 aromatic carbocycles. The maximum Gasteiger partial charge on any atom is 0.224 e. The third-order valence-corrected chi connectivity index (χ3v) is 4.86. The molecule has 1 N–H and O–H groups in total. The summed E-state index contributed by atoms with van der Waals surface area (Å²) in [5.41, 5.74) is 2.91. The highest BCUT2D eigenvalue weighted by Crippen LogP contribution is 2.24. The molecule has 1 amide bonds. The van der Waals surface area contributed by atoms with Gasteiger partial charge in [0.15, 0.2) is 0 Å². The van der Waals surface area contributed by atoms with E-state index in [0.29, 0.717) is 24.0 Å². The predicted octanol–water partition coefficient (Wildman–Crippen LogP) is 2.23. The van der Waals surface area contributed by atoms with Crippen molar-refractivity contribution in [1.29, 1.82) is 0 Å². The van der Waals surface area contributed by atoms with Gasteiger partial charge in [-0.3, -0.25) is 14.4 Å². The molecule has 0 aliphatic carbocycles. The Labute approximate surface area is 166 Å². The van der Waals surface area contributed by atoms with Gasteiger partial charge in [-0.2, -0.15) is 5.10 Å². The molecular weight excluding hydrogens is 356 g/mol. The summed E-state index contributed by atoms with van der Waals surface area (Å²) in [4.78, 5) is 14.9. The molecule has 7 nitrogen and oxygen atoms in total. The summed E-state index contributed by atoms with van der Waals surface area (Å²) >= 11 is 0. The number of methoxy groups -OCH3 is 2. The largest absolute Gasteiger partial charge is 0.497 e. The van der Waals surface area contributed by atoms with Crippen LogP contribution in [0.5, 0.6) is 11.5 Å². The summed E-state index contributed by atoms with van der Waals surface area (Å²) in [7, 11) is 3.20. The van der Waals surface area contributed by atoms with Crippen molar-refractivity contribution in [2.75, 3.05) is 27.3 Å². The molecule has 1 aromatic heterocycles. The first-order chi connectivity index (χ1) is 13.5. The number of ether oxygens (including phenoxy) is 2. The highest BCUT2D eigenvalue weighted by atomic mass is 16.5. The van der Waals surface area contributed by atoms with Gasteiger partial charge < -0.3 is 14.8 Å². The molecule has 0 saturated heterocycles. The van der Waals surface area contributed by atoms with Gasteiger partial charge in [0.25, 0.3) is 0 Å². The zero-order chi connectivity index (χ0) is 20.1. The SMILES string of the molecule is COc1ccc(OC)c(CC(=O)NCc2cc3n(n2)CCN(CC(C)C)C3)c1. The smallest absolute Gasteiger partial charge is 0.224 e. The van der Waals surface area contributed by atoms with Crippen LogP contribution in [-0.2, 0) is 30.8 Å². The zero-order valence-electron chi connectivity index (χ0n) is 17.2. The van der Waals surface area contributed by atoms with E-state index >= 15 is 0 Å². The average molecular weight is 386 g/mol. The molecular formula is C21H30N4O3. The van der Waals surface area contributed by atoms with E-state index in [-0.39, 0.29) is 12.3 Å². The van der Waals surface area contributed by atoms with Gasteiger partial charge in [-0.1, -0.05) is 13.8 Å². The maximum absolute atomic E-state index is 12.4. The highest BCUT2D eigenvalue weighted by molar-refractivity contribution is 5.79. The number of carbonyl (C=O) groups excluding carboxylic acids is 1. The van der Waals surface area contributed by atoms with E-state index in [1.165, 1.54) is 5.69 Å². The number of nitrogens with zero attached hydrogens (tertiary/aromatic N) is 3. The molecule has 0 atom stereocenters. The summed E-state index contributed by atoms with van der Waals surface area (Å²) in [5, 5.41) is 7.60. The molecule has 2 aromatic rings. The van der Waals surface area contributed by atoms with Crippen molar-refractivity contribution in [3.8, 4) is 11.5 Å². The van der Waals surface area contributed by atoms with Gasteiger partial charge in [-0.15, -0.1) is 0 Å². The zero-order valence-corrected chi connectivity index (χ0v) is 17.2. The molecule has 7 heteroatoms. The van der Waals surface area contributed by atoms with Gasteiger partial charge in [0.05, 0.1) is 45.1 Å². The lowest BCUT2D eigenvalue weighted by Crippen LogP contribution is -2.36. The molecule has 0 radical (unpaired) electrons. The Morgan fingerprint density at radius 3 is 2.75 bits per heavy atom. The predicted molar refractivity (Wildman–Crippen MR) is 107 cm³/mol. The van der Waals surface area contributed by atoms with E-state index in [0.717, 1.165) is 37.4 Å². The van der Waals surface area contributed by atoms with Crippen LogP contribution in [0.2, 0.25) is 0 Å². The molecule has 1 aliphatic heterocycles. The van der Waals surface area contributed by atoms with Crippen molar-refractivity contribution < 1.29 is 14.3 Å². The van der Waals surface area contributed by atoms with Gasteiger partial charge in [-0.25, -0.2) is 0 Å². The normalized spacial score (nSPS) is 14.0. The Morgan fingerprint density at radius 1 is 1.21 bits per heavy atom. The second kappa shape index (κ2) is 9.10. The van der Waals surface area contributed by atoms with Crippen LogP contribution in [0.1, 0.15) is 30.8 Å². The topological polar surface area (TPSA) is 68.6 Å². The molecule has 1 aliphatic rings. The van der Waals surface area contributed by atoms with Crippen LogP contribution >= 0.6 is 0 Å². The molecule has 2 heterocycles. The molecule has 0 bridgehead atoms. The Bertz CT molecular complexity index is 816. The van der Waals surface area contributed by atoms with Crippen molar-refractivity contribution in [2.24, 2.45) is 5.92 Å². The van der Waals surface area contributed by atoms with Crippen LogP contribution in [0.15, 0.2) is 24.3 Å². The van der Waals surface area contributed by atoms with E-state index in [1.54, 1.807) is 14.2 Å². The first-order valence-electron chi connectivity index (χ1n) is 9.74. The molecule has 0 saturated carbocycles. The second-order valence-corrected chi connectivity index (χ2v) is 7.61. The van der Waals surface area contributed by atoms with Crippen LogP contribution in [0.4, 0.5) is 0 Å². The summed E-state index contributed by atoms with van der Waals surface area (Å²) in [5.74, 6) is 1.97. The van der Waals surface area contributed by atoms with Crippen LogP contribution in [-0.4, -0.2) is 47.9 Å². The third kappa shape index (κ3) is 5.04. The molecule has 0 unspecified atom stereocenters. The van der Waals surface area contributed by atoms with Gasteiger partial charge in [0, 0.05) is 25.2 Å². The number of nitrogens with one attached hydrogen (secondary N) is 1. The quantitative estimate of drug-likeness (QED) is 0.754. The number of aromatic nitrogens is 2. The summed E-state index contributed by atoms with van der Waals surface area (Å²) in [6.07, 6.45) is 0.232. The maximum atomic E-state index is 12.4. The number of hydrogen-bond acceptors (Lipinski definition) is 5. The van der Waals surface area contributed by atoms with Crippen molar-refractivity contribution >= 4 is 5.91 Å². The Balaban J connectivity index is 1.57. The van der Waals surface area contributed by atoms with E-state index < -0.39 is 0 Å². The highest BCUT2D eigenvalue weighted by Gasteiger charge is 2.19. The van der Waals surface area contributed by atoms with Crippen molar-refractivity contribution in [2.45, 2.75) is 39.9 Å². The number of benzene rings is 1. The molecule has 152 valence electrons. The first kappa shape index (κ1) is 20.2. The van der Waals surface area contributed by atoms with Crippen LogP contribution in [0.3, 0.4) is 0 Å². The van der Waals surface area contributed by atoms with Crippen molar-refractivity contribution in [3.05, 3.63) is 41.2 Å². The number of hydrogen-bond donors (Lipinski definition) is 1. The lowest BCUT2D eigenvalue weighted by atomic mass is 10.1. The number of fused-ring (bicyclic) bond motifs is 1.